The van der Waals surface area contributed by atoms with E-state index < -0.39 is 17.4 Å². The number of benzene rings is 2. The molecule has 1 aliphatic heterocycles. The first-order chi connectivity index (χ1) is 13.1. The summed E-state index contributed by atoms with van der Waals surface area (Å²) in [6.45, 7) is 1.63. The summed E-state index contributed by atoms with van der Waals surface area (Å²) in [5, 5.41) is 22.6. The molecule has 0 saturated carbocycles. The number of para-hydroxylation sites is 1. The lowest BCUT2D eigenvalue weighted by Crippen LogP contribution is -2.48. The van der Waals surface area contributed by atoms with Gasteiger partial charge in [0.15, 0.2) is 0 Å². The number of carbonyl (C=O) groups excluding carboxylic acids is 1. The van der Waals surface area contributed by atoms with E-state index >= 15 is 0 Å². The van der Waals surface area contributed by atoms with Crippen LogP contribution in [-0.2, 0) is 15.1 Å². The SMILES string of the molecule is CCC1(c2ccccc2)C(C(=O)O)=C(Nc2ccccc2)C(=O)N1CCO. The molecule has 2 aromatic carbocycles. The van der Waals surface area contributed by atoms with Crippen molar-refractivity contribution in [2.75, 3.05) is 18.5 Å². The molecular formula is C21H22N2O4. The summed E-state index contributed by atoms with van der Waals surface area (Å²) in [4.78, 5) is 27.0. The van der Waals surface area contributed by atoms with Gasteiger partial charge >= 0.3 is 5.97 Å². The Morgan fingerprint density at radius 3 is 2.19 bits per heavy atom. The van der Waals surface area contributed by atoms with Crippen LogP contribution in [0.25, 0.3) is 0 Å². The Kier molecular flexibility index (Phi) is 5.28. The monoisotopic (exact) mass is 366 g/mol. The molecule has 3 N–H and O–H groups in total. The fraction of sp³-hybridized carbons (Fsp3) is 0.238. The summed E-state index contributed by atoms with van der Waals surface area (Å²) in [6.07, 6.45) is 0.365. The van der Waals surface area contributed by atoms with Gasteiger partial charge in [0, 0.05) is 12.2 Å². The molecule has 0 aliphatic carbocycles. The Bertz CT molecular complexity index is 864. The molecule has 0 fully saturated rings. The second-order valence-electron chi connectivity index (χ2n) is 6.31. The van der Waals surface area contributed by atoms with Gasteiger partial charge in [-0.05, 0) is 24.1 Å². The Hall–Kier alpha value is -3.12. The van der Waals surface area contributed by atoms with Crippen molar-refractivity contribution in [1.29, 1.82) is 0 Å². The second kappa shape index (κ2) is 7.63. The lowest BCUT2D eigenvalue weighted by Gasteiger charge is -2.39. The number of anilines is 1. The zero-order chi connectivity index (χ0) is 19.4. The van der Waals surface area contributed by atoms with Gasteiger partial charge in [-0.15, -0.1) is 0 Å². The molecule has 1 atom stereocenters. The number of aliphatic carboxylic acids is 1. The van der Waals surface area contributed by atoms with Crippen LogP contribution in [-0.4, -0.2) is 40.1 Å². The number of carboxylic acids is 1. The van der Waals surface area contributed by atoms with Crippen LogP contribution in [0.5, 0.6) is 0 Å². The minimum Gasteiger partial charge on any atom is -0.478 e. The highest BCUT2D eigenvalue weighted by atomic mass is 16.4. The number of carbonyl (C=O) groups is 2. The zero-order valence-corrected chi connectivity index (χ0v) is 15.1. The molecule has 27 heavy (non-hydrogen) atoms. The normalized spacial score (nSPS) is 19.5. The van der Waals surface area contributed by atoms with Crippen LogP contribution in [0.3, 0.4) is 0 Å². The summed E-state index contributed by atoms with van der Waals surface area (Å²) in [7, 11) is 0. The van der Waals surface area contributed by atoms with Crippen molar-refractivity contribution in [2.45, 2.75) is 18.9 Å². The predicted molar refractivity (Wildman–Crippen MR) is 102 cm³/mol. The average molecular weight is 366 g/mol. The average Bonchev–Trinajstić information content (AvgIpc) is 2.93. The van der Waals surface area contributed by atoms with Gasteiger partial charge in [0.1, 0.15) is 11.2 Å². The number of β-amino-alcohol motifs (C(OH)–C–C–N with tert-alkyl or cyclic N) is 1. The molecule has 0 saturated heterocycles. The lowest BCUT2D eigenvalue weighted by atomic mass is 9.80. The largest absolute Gasteiger partial charge is 0.478 e. The molecule has 0 spiro atoms. The van der Waals surface area contributed by atoms with Crippen LogP contribution < -0.4 is 5.32 Å². The minimum atomic E-state index is -1.16. The highest BCUT2D eigenvalue weighted by molar-refractivity contribution is 6.10. The van der Waals surface area contributed by atoms with Gasteiger partial charge in [0.2, 0.25) is 0 Å². The van der Waals surface area contributed by atoms with E-state index in [2.05, 4.69) is 5.32 Å². The summed E-state index contributed by atoms with van der Waals surface area (Å²) in [5.41, 5.74) is 0.218. The molecule has 0 bridgehead atoms. The first kappa shape index (κ1) is 18.7. The van der Waals surface area contributed by atoms with Crippen molar-refractivity contribution in [3.05, 3.63) is 77.5 Å². The van der Waals surface area contributed by atoms with Crippen molar-refractivity contribution < 1.29 is 19.8 Å². The van der Waals surface area contributed by atoms with Gasteiger partial charge in [0.05, 0.1) is 12.2 Å². The zero-order valence-electron chi connectivity index (χ0n) is 15.1. The van der Waals surface area contributed by atoms with E-state index in [0.29, 0.717) is 17.7 Å². The number of hydrogen-bond donors (Lipinski definition) is 3. The Labute approximate surface area is 157 Å². The third-order valence-electron chi connectivity index (χ3n) is 4.93. The Morgan fingerprint density at radius 2 is 1.67 bits per heavy atom. The first-order valence-electron chi connectivity index (χ1n) is 8.84. The molecule has 0 aromatic heterocycles. The van der Waals surface area contributed by atoms with Crippen molar-refractivity contribution in [1.82, 2.24) is 4.90 Å². The van der Waals surface area contributed by atoms with Gasteiger partial charge in [-0.2, -0.15) is 0 Å². The molecular weight excluding hydrogens is 344 g/mol. The van der Waals surface area contributed by atoms with E-state index in [1.165, 1.54) is 4.90 Å². The highest BCUT2D eigenvalue weighted by Gasteiger charge is 2.54. The summed E-state index contributed by atoms with van der Waals surface area (Å²) in [6, 6.07) is 18.1. The third kappa shape index (κ3) is 3.08. The van der Waals surface area contributed by atoms with Gasteiger partial charge in [0.25, 0.3) is 5.91 Å². The summed E-state index contributed by atoms with van der Waals surface area (Å²) < 4.78 is 0. The fourth-order valence-electron chi connectivity index (χ4n) is 3.80. The number of nitrogens with zero attached hydrogens (tertiary/aromatic N) is 1. The van der Waals surface area contributed by atoms with Crippen molar-refractivity contribution >= 4 is 17.6 Å². The smallest absolute Gasteiger partial charge is 0.336 e. The van der Waals surface area contributed by atoms with E-state index in [9.17, 15) is 19.8 Å². The maximum Gasteiger partial charge on any atom is 0.336 e. The van der Waals surface area contributed by atoms with E-state index in [4.69, 9.17) is 0 Å². The third-order valence-corrected chi connectivity index (χ3v) is 4.93. The van der Waals surface area contributed by atoms with E-state index in [-0.39, 0.29) is 24.4 Å². The molecule has 1 unspecified atom stereocenters. The molecule has 0 radical (unpaired) electrons. The quantitative estimate of drug-likeness (QED) is 0.701. The number of amides is 1. The number of aliphatic hydroxyl groups is 1. The van der Waals surface area contributed by atoms with Crippen LogP contribution in [0.4, 0.5) is 5.69 Å². The van der Waals surface area contributed by atoms with Crippen LogP contribution in [0.2, 0.25) is 0 Å². The van der Waals surface area contributed by atoms with Crippen LogP contribution in [0, 0.1) is 0 Å². The minimum absolute atomic E-state index is 0.00139. The number of rotatable bonds is 7. The number of carboxylic acid groups (broad SMARTS) is 1. The van der Waals surface area contributed by atoms with Gasteiger partial charge in [-0.25, -0.2) is 4.79 Å². The summed E-state index contributed by atoms with van der Waals surface area (Å²) in [5.74, 6) is -1.59. The van der Waals surface area contributed by atoms with E-state index in [0.717, 1.165) is 0 Å². The maximum atomic E-state index is 13.2. The maximum absolute atomic E-state index is 13.2. The van der Waals surface area contributed by atoms with Crippen molar-refractivity contribution in [3.8, 4) is 0 Å². The van der Waals surface area contributed by atoms with Crippen LogP contribution >= 0.6 is 0 Å². The Balaban J connectivity index is 2.23. The standard InChI is InChI=1S/C21H22N2O4/c1-2-21(15-9-5-3-6-10-15)17(20(26)27)18(19(25)23(21)13-14-24)22-16-11-7-4-8-12-16/h3-12,22,24H,2,13-14H2,1H3,(H,26,27). The predicted octanol–water partition coefficient (Wildman–Crippen LogP) is 2.58. The first-order valence-corrected chi connectivity index (χ1v) is 8.84. The molecule has 2 aromatic rings. The molecule has 1 aliphatic rings. The summed E-state index contributed by atoms with van der Waals surface area (Å²) >= 11 is 0. The van der Waals surface area contributed by atoms with Gasteiger partial charge in [-0.3, -0.25) is 4.79 Å². The number of hydrogen-bond acceptors (Lipinski definition) is 4. The molecule has 1 amide bonds. The molecule has 6 heteroatoms. The topological polar surface area (TPSA) is 89.9 Å². The molecule has 6 nitrogen and oxygen atoms in total. The highest BCUT2D eigenvalue weighted by Crippen LogP contribution is 2.46. The fourth-order valence-corrected chi connectivity index (χ4v) is 3.80. The molecule has 1 heterocycles. The van der Waals surface area contributed by atoms with E-state index in [1.807, 2.05) is 43.3 Å². The van der Waals surface area contributed by atoms with Crippen LogP contribution in [0.15, 0.2) is 71.9 Å². The Morgan fingerprint density at radius 1 is 1.07 bits per heavy atom. The lowest BCUT2D eigenvalue weighted by molar-refractivity contribution is -0.135. The second-order valence-corrected chi connectivity index (χ2v) is 6.31. The van der Waals surface area contributed by atoms with Gasteiger partial charge in [-0.1, -0.05) is 55.5 Å². The van der Waals surface area contributed by atoms with Crippen molar-refractivity contribution in [3.63, 3.8) is 0 Å². The van der Waals surface area contributed by atoms with E-state index in [1.54, 1.807) is 24.3 Å². The van der Waals surface area contributed by atoms with Crippen LogP contribution in [0.1, 0.15) is 18.9 Å². The van der Waals surface area contributed by atoms with Gasteiger partial charge < -0.3 is 20.4 Å². The molecule has 3 rings (SSSR count). The number of nitrogens with one attached hydrogen (secondary N) is 1. The number of aliphatic hydroxyl groups excluding tert-OH is 1. The molecule has 140 valence electrons. The van der Waals surface area contributed by atoms with Crippen molar-refractivity contribution in [2.24, 2.45) is 0 Å².